The van der Waals surface area contributed by atoms with E-state index in [1.54, 1.807) is 12.1 Å². The summed E-state index contributed by atoms with van der Waals surface area (Å²) in [6, 6.07) is 11.5. The van der Waals surface area contributed by atoms with Crippen LogP contribution in [0.4, 0.5) is 4.79 Å². The fraction of sp³-hybridized carbons (Fsp3) is 0.364. The lowest BCUT2D eigenvalue weighted by Crippen LogP contribution is -2.45. The normalized spacial score (nSPS) is 12.2. The first-order valence-electron chi connectivity index (χ1n) is 9.90. The molecular formula is C22H27N3O7. The van der Waals surface area contributed by atoms with Crippen LogP contribution in [0.3, 0.4) is 0 Å². The lowest BCUT2D eigenvalue weighted by molar-refractivity contribution is -0.145. The molecule has 32 heavy (non-hydrogen) atoms. The van der Waals surface area contributed by atoms with Crippen LogP contribution >= 0.6 is 0 Å². The first-order chi connectivity index (χ1) is 15.4. The predicted molar refractivity (Wildman–Crippen MR) is 114 cm³/mol. The van der Waals surface area contributed by atoms with Gasteiger partial charge in [-0.2, -0.15) is 0 Å². The number of hydrogen-bond donors (Lipinski definition) is 3. The second kappa shape index (κ2) is 12.9. The van der Waals surface area contributed by atoms with E-state index in [-0.39, 0.29) is 26.0 Å². The topological polar surface area (TPSA) is 136 Å². The summed E-state index contributed by atoms with van der Waals surface area (Å²) in [4.78, 5) is 40.1. The van der Waals surface area contributed by atoms with Crippen LogP contribution in [-0.2, 0) is 32.1 Å². The van der Waals surface area contributed by atoms with Crippen molar-refractivity contribution in [2.75, 3.05) is 20.8 Å². The van der Waals surface area contributed by atoms with Gasteiger partial charge in [-0.15, -0.1) is 0 Å². The number of aromatic nitrogens is 1. The number of ether oxygens (including phenoxy) is 3. The SMILES string of the molecule is COC(=O)[C@H](Cc1ccc(OC)nc1)NC(=O)C[C@@H](O)CNC(=O)OCc1ccccc1. The number of amides is 2. The van der Waals surface area contributed by atoms with Crippen LogP contribution < -0.4 is 15.4 Å². The molecule has 2 atom stereocenters. The van der Waals surface area contributed by atoms with Gasteiger partial charge in [-0.1, -0.05) is 36.4 Å². The van der Waals surface area contributed by atoms with Gasteiger partial charge in [0.15, 0.2) is 0 Å². The van der Waals surface area contributed by atoms with Gasteiger partial charge >= 0.3 is 12.1 Å². The second-order valence-electron chi connectivity index (χ2n) is 6.86. The minimum atomic E-state index is -1.17. The van der Waals surface area contributed by atoms with Gasteiger partial charge in [0.1, 0.15) is 12.6 Å². The van der Waals surface area contributed by atoms with E-state index in [9.17, 15) is 19.5 Å². The summed E-state index contributed by atoms with van der Waals surface area (Å²) in [6.07, 6.45) is -0.531. The quantitative estimate of drug-likeness (QED) is 0.435. The molecule has 0 spiro atoms. The highest BCUT2D eigenvalue weighted by Crippen LogP contribution is 2.10. The summed E-state index contributed by atoms with van der Waals surface area (Å²) in [7, 11) is 2.70. The third kappa shape index (κ3) is 8.60. The van der Waals surface area contributed by atoms with Crippen LogP contribution in [0.2, 0.25) is 0 Å². The van der Waals surface area contributed by atoms with Crippen molar-refractivity contribution in [3.05, 3.63) is 59.8 Å². The Labute approximate surface area is 185 Å². The zero-order valence-electron chi connectivity index (χ0n) is 17.9. The zero-order chi connectivity index (χ0) is 23.3. The lowest BCUT2D eigenvalue weighted by Gasteiger charge is -2.18. The van der Waals surface area contributed by atoms with Crippen molar-refractivity contribution >= 4 is 18.0 Å². The standard InChI is InChI=1S/C22H27N3O7/c1-30-20-9-8-16(12-23-20)10-18(21(28)31-2)25-19(27)11-17(26)13-24-22(29)32-14-15-6-4-3-5-7-15/h3-9,12,17-18,26H,10-11,13-14H2,1-2H3,(H,24,29)(H,25,27)/t17-,18+/m1/s1. The van der Waals surface area contributed by atoms with Crippen LogP contribution in [0.15, 0.2) is 48.7 Å². The molecule has 1 aromatic carbocycles. The number of methoxy groups -OCH3 is 2. The van der Waals surface area contributed by atoms with Gasteiger partial charge in [-0.3, -0.25) is 4.79 Å². The smallest absolute Gasteiger partial charge is 0.407 e. The van der Waals surface area contributed by atoms with E-state index in [2.05, 4.69) is 15.6 Å². The van der Waals surface area contributed by atoms with Crippen molar-refractivity contribution in [1.29, 1.82) is 0 Å². The summed E-state index contributed by atoms with van der Waals surface area (Å²) in [6.45, 7) is -0.101. The molecule has 3 N–H and O–H groups in total. The molecule has 2 rings (SSSR count). The number of aliphatic hydroxyl groups excluding tert-OH is 1. The van der Waals surface area contributed by atoms with Crippen LogP contribution in [0.5, 0.6) is 5.88 Å². The van der Waals surface area contributed by atoms with Gasteiger partial charge in [0, 0.05) is 25.2 Å². The van der Waals surface area contributed by atoms with Crippen molar-refractivity contribution in [2.24, 2.45) is 0 Å². The number of hydrogen-bond acceptors (Lipinski definition) is 8. The molecule has 1 heterocycles. The van der Waals surface area contributed by atoms with Crippen LogP contribution in [-0.4, -0.2) is 61.0 Å². The number of alkyl carbamates (subject to hydrolysis) is 1. The van der Waals surface area contributed by atoms with Crippen molar-refractivity contribution in [2.45, 2.75) is 31.6 Å². The van der Waals surface area contributed by atoms with Crippen molar-refractivity contribution < 1.29 is 33.7 Å². The van der Waals surface area contributed by atoms with Crippen LogP contribution in [0.25, 0.3) is 0 Å². The second-order valence-corrected chi connectivity index (χ2v) is 6.86. The maximum atomic E-state index is 12.3. The number of rotatable bonds is 11. The monoisotopic (exact) mass is 445 g/mol. The number of nitrogens with one attached hydrogen (secondary N) is 2. The largest absolute Gasteiger partial charge is 0.481 e. The highest BCUT2D eigenvalue weighted by molar-refractivity contribution is 5.84. The number of nitrogens with zero attached hydrogens (tertiary/aromatic N) is 1. The summed E-state index contributed by atoms with van der Waals surface area (Å²) < 4.78 is 14.8. The van der Waals surface area contributed by atoms with E-state index < -0.39 is 30.1 Å². The number of aliphatic hydroxyl groups is 1. The molecule has 0 saturated carbocycles. The third-order valence-corrected chi connectivity index (χ3v) is 4.38. The predicted octanol–water partition coefficient (Wildman–Crippen LogP) is 0.968. The van der Waals surface area contributed by atoms with E-state index in [1.807, 2.05) is 30.3 Å². The Bertz CT molecular complexity index is 875. The van der Waals surface area contributed by atoms with E-state index in [4.69, 9.17) is 14.2 Å². The number of carbonyl (C=O) groups is 3. The molecule has 0 aliphatic carbocycles. The van der Waals surface area contributed by atoms with Crippen LogP contribution in [0, 0.1) is 0 Å². The Hall–Kier alpha value is -3.66. The Balaban J connectivity index is 1.77. The highest BCUT2D eigenvalue weighted by atomic mass is 16.5. The van der Waals surface area contributed by atoms with Gasteiger partial charge in [0.2, 0.25) is 11.8 Å². The average molecular weight is 445 g/mol. The molecule has 0 aliphatic heterocycles. The lowest BCUT2D eigenvalue weighted by atomic mass is 10.1. The molecule has 0 fully saturated rings. The Morgan fingerprint density at radius 3 is 2.44 bits per heavy atom. The van der Waals surface area contributed by atoms with Gasteiger partial charge < -0.3 is 30.0 Å². The Kier molecular flexibility index (Phi) is 9.92. The number of pyridine rings is 1. The molecule has 0 radical (unpaired) electrons. The molecule has 0 saturated heterocycles. The fourth-order valence-electron chi connectivity index (χ4n) is 2.74. The molecule has 2 aromatic rings. The average Bonchev–Trinajstić information content (AvgIpc) is 2.81. The molecule has 10 heteroatoms. The van der Waals surface area contributed by atoms with E-state index in [0.29, 0.717) is 11.4 Å². The number of carbonyl (C=O) groups excluding carboxylic acids is 3. The number of benzene rings is 1. The minimum absolute atomic E-state index is 0.0876. The van der Waals surface area contributed by atoms with Crippen molar-refractivity contribution in [3.8, 4) is 5.88 Å². The summed E-state index contributed by atoms with van der Waals surface area (Å²) in [5.74, 6) is -0.787. The molecule has 1 aromatic heterocycles. The first kappa shape index (κ1) is 24.6. The molecular weight excluding hydrogens is 418 g/mol. The van der Waals surface area contributed by atoms with E-state index in [0.717, 1.165) is 5.56 Å². The maximum Gasteiger partial charge on any atom is 0.407 e. The van der Waals surface area contributed by atoms with Gasteiger partial charge in [-0.05, 0) is 11.1 Å². The molecule has 10 nitrogen and oxygen atoms in total. The Morgan fingerprint density at radius 1 is 1.06 bits per heavy atom. The molecule has 172 valence electrons. The molecule has 0 aliphatic rings. The maximum absolute atomic E-state index is 12.3. The minimum Gasteiger partial charge on any atom is -0.481 e. The molecule has 2 amide bonds. The van der Waals surface area contributed by atoms with Crippen molar-refractivity contribution in [3.63, 3.8) is 0 Å². The highest BCUT2D eigenvalue weighted by Gasteiger charge is 2.23. The van der Waals surface area contributed by atoms with Gasteiger partial charge in [0.05, 0.1) is 26.7 Å². The summed E-state index contributed by atoms with van der Waals surface area (Å²) >= 11 is 0. The van der Waals surface area contributed by atoms with E-state index in [1.165, 1.54) is 20.4 Å². The molecule has 0 unspecified atom stereocenters. The third-order valence-electron chi connectivity index (χ3n) is 4.38. The van der Waals surface area contributed by atoms with Crippen molar-refractivity contribution in [1.82, 2.24) is 15.6 Å². The van der Waals surface area contributed by atoms with Gasteiger partial charge in [0.25, 0.3) is 0 Å². The zero-order valence-corrected chi connectivity index (χ0v) is 17.9. The summed E-state index contributed by atoms with van der Waals surface area (Å²) in [5, 5.41) is 15.0. The summed E-state index contributed by atoms with van der Waals surface area (Å²) in [5.41, 5.74) is 1.51. The van der Waals surface area contributed by atoms with Crippen LogP contribution in [0.1, 0.15) is 17.5 Å². The van der Waals surface area contributed by atoms with E-state index >= 15 is 0 Å². The number of esters is 1. The fourth-order valence-corrected chi connectivity index (χ4v) is 2.74. The van der Waals surface area contributed by atoms with Gasteiger partial charge in [-0.25, -0.2) is 14.6 Å². The first-order valence-corrected chi connectivity index (χ1v) is 9.90. The molecule has 0 bridgehead atoms. The Morgan fingerprint density at radius 2 is 1.81 bits per heavy atom.